The third-order valence-corrected chi connectivity index (χ3v) is 6.36. The normalized spacial score (nSPS) is 17.5. The average Bonchev–Trinajstić information content (AvgIpc) is 2.81. The van der Waals surface area contributed by atoms with Gasteiger partial charge in [-0.05, 0) is 55.8 Å². The van der Waals surface area contributed by atoms with E-state index in [1.807, 2.05) is 18.2 Å². The van der Waals surface area contributed by atoms with E-state index in [4.69, 9.17) is 4.98 Å². The minimum Gasteiger partial charge on any atom is -0.479 e. The maximum absolute atomic E-state index is 12.7. The number of anilines is 1. The molecular formula is C25H32N4O3. The van der Waals surface area contributed by atoms with Crippen LogP contribution in [0.15, 0.2) is 42.5 Å². The summed E-state index contributed by atoms with van der Waals surface area (Å²) in [4.78, 5) is 33.0. The highest BCUT2D eigenvalue weighted by molar-refractivity contribution is 5.86. The molecule has 0 radical (unpaired) electrons. The third kappa shape index (κ3) is 5.46. The number of benzene rings is 1. The highest BCUT2D eigenvalue weighted by Gasteiger charge is 2.34. The van der Waals surface area contributed by atoms with Gasteiger partial charge >= 0.3 is 5.97 Å². The molecule has 3 heterocycles. The average molecular weight is 437 g/mol. The molecule has 1 amide bonds. The van der Waals surface area contributed by atoms with Crippen molar-refractivity contribution in [1.82, 2.24) is 14.8 Å². The summed E-state index contributed by atoms with van der Waals surface area (Å²) in [6, 6.07) is 12.4. The third-order valence-electron chi connectivity index (χ3n) is 6.36. The summed E-state index contributed by atoms with van der Waals surface area (Å²) in [5.74, 6) is -0.0393. The number of pyridine rings is 1. The van der Waals surface area contributed by atoms with Gasteiger partial charge in [0.15, 0.2) is 6.04 Å². The van der Waals surface area contributed by atoms with Gasteiger partial charge in [-0.25, -0.2) is 9.78 Å². The minimum absolute atomic E-state index is 0.113. The Labute approximate surface area is 189 Å². The molecule has 2 aromatic rings. The first kappa shape index (κ1) is 22.3. The zero-order chi connectivity index (χ0) is 22.3. The topological polar surface area (TPSA) is 85.8 Å². The summed E-state index contributed by atoms with van der Waals surface area (Å²) < 4.78 is 0. The Morgan fingerprint density at radius 2 is 1.94 bits per heavy atom. The molecule has 0 spiro atoms. The zero-order valence-corrected chi connectivity index (χ0v) is 18.5. The van der Waals surface area contributed by atoms with Crippen LogP contribution >= 0.6 is 0 Å². The molecule has 2 aliphatic rings. The van der Waals surface area contributed by atoms with Crippen LogP contribution in [0.4, 0.5) is 5.82 Å². The summed E-state index contributed by atoms with van der Waals surface area (Å²) >= 11 is 0. The number of aromatic nitrogens is 1. The van der Waals surface area contributed by atoms with Crippen LogP contribution in [-0.4, -0.2) is 64.5 Å². The largest absolute Gasteiger partial charge is 0.479 e. The van der Waals surface area contributed by atoms with E-state index in [2.05, 4.69) is 22.3 Å². The zero-order valence-electron chi connectivity index (χ0n) is 18.5. The van der Waals surface area contributed by atoms with Crippen molar-refractivity contribution in [2.45, 2.75) is 44.6 Å². The first-order valence-corrected chi connectivity index (χ1v) is 11.6. The molecule has 170 valence electrons. The molecule has 1 saturated heterocycles. The van der Waals surface area contributed by atoms with Crippen LogP contribution in [0.5, 0.6) is 0 Å². The summed E-state index contributed by atoms with van der Waals surface area (Å²) in [6.07, 6.45) is 6.45. The van der Waals surface area contributed by atoms with Crippen LogP contribution in [0.3, 0.4) is 0 Å². The molecule has 1 aromatic carbocycles. The van der Waals surface area contributed by atoms with E-state index in [9.17, 15) is 14.7 Å². The van der Waals surface area contributed by atoms with E-state index >= 15 is 0 Å². The van der Waals surface area contributed by atoms with Gasteiger partial charge in [0.2, 0.25) is 5.91 Å². The molecule has 7 nitrogen and oxygen atoms in total. The number of rotatable bonds is 9. The summed E-state index contributed by atoms with van der Waals surface area (Å²) in [5, 5.41) is 13.1. The number of hydrogen-bond acceptors (Lipinski definition) is 5. The Balaban J connectivity index is 1.20. The Morgan fingerprint density at radius 1 is 1.09 bits per heavy atom. The van der Waals surface area contributed by atoms with Crippen molar-refractivity contribution in [3.63, 3.8) is 0 Å². The second kappa shape index (κ2) is 10.6. The van der Waals surface area contributed by atoms with E-state index < -0.39 is 12.0 Å². The van der Waals surface area contributed by atoms with E-state index in [1.165, 1.54) is 16.9 Å². The van der Waals surface area contributed by atoms with E-state index in [1.54, 1.807) is 12.1 Å². The van der Waals surface area contributed by atoms with Crippen molar-refractivity contribution < 1.29 is 14.7 Å². The number of hydrogen-bond donors (Lipinski definition) is 2. The molecule has 1 unspecified atom stereocenters. The van der Waals surface area contributed by atoms with Crippen molar-refractivity contribution in [2.24, 2.45) is 0 Å². The fourth-order valence-electron chi connectivity index (χ4n) is 4.62. The molecule has 7 heteroatoms. The van der Waals surface area contributed by atoms with E-state index in [0.29, 0.717) is 18.7 Å². The van der Waals surface area contributed by atoms with Crippen molar-refractivity contribution in [3.05, 3.63) is 59.3 Å². The number of aryl methyl sites for hydroxylation is 2. The highest BCUT2D eigenvalue weighted by Crippen LogP contribution is 2.24. The molecule has 1 aromatic heterocycles. The Kier molecular flexibility index (Phi) is 7.37. The van der Waals surface area contributed by atoms with Crippen molar-refractivity contribution in [3.8, 4) is 0 Å². The summed E-state index contributed by atoms with van der Waals surface area (Å²) in [7, 11) is 0. The lowest BCUT2D eigenvalue weighted by atomic mass is 10.0. The second-order valence-electron chi connectivity index (χ2n) is 8.67. The van der Waals surface area contributed by atoms with E-state index in [0.717, 1.165) is 56.7 Å². The maximum Gasteiger partial charge on any atom is 0.331 e. The van der Waals surface area contributed by atoms with Crippen LogP contribution < -0.4 is 5.32 Å². The number of nitrogens with one attached hydrogen (secondary N) is 1. The molecule has 32 heavy (non-hydrogen) atoms. The van der Waals surface area contributed by atoms with Gasteiger partial charge in [-0.3, -0.25) is 9.69 Å². The molecule has 2 aliphatic heterocycles. The smallest absolute Gasteiger partial charge is 0.331 e. The maximum atomic E-state index is 12.7. The number of nitrogens with zero attached hydrogens (tertiary/aromatic N) is 3. The second-order valence-corrected chi connectivity index (χ2v) is 8.67. The lowest BCUT2D eigenvalue weighted by molar-refractivity contribution is -0.153. The van der Waals surface area contributed by atoms with Gasteiger partial charge in [0.1, 0.15) is 5.82 Å². The number of fused-ring (bicyclic) bond motifs is 1. The Hall–Kier alpha value is -2.93. The van der Waals surface area contributed by atoms with Gasteiger partial charge < -0.3 is 15.3 Å². The molecule has 1 fully saturated rings. The SMILES string of the molecule is O=C(O)C(c1ccccc1)N1CCN(CCCCCc2ccc3c(n2)NCCC3)CC1=O. The van der Waals surface area contributed by atoms with Gasteiger partial charge in [-0.15, -0.1) is 0 Å². The van der Waals surface area contributed by atoms with Crippen LogP contribution in [0.25, 0.3) is 0 Å². The Morgan fingerprint density at radius 3 is 2.72 bits per heavy atom. The van der Waals surface area contributed by atoms with E-state index in [-0.39, 0.29) is 12.5 Å². The lowest BCUT2D eigenvalue weighted by Crippen LogP contribution is -2.53. The van der Waals surface area contributed by atoms with Crippen molar-refractivity contribution in [1.29, 1.82) is 0 Å². The predicted molar refractivity (Wildman–Crippen MR) is 124 cm³/mol. The number of unbranched alkanes of at least 4 members (excludes halogenated alkanes) is 2. The van der Waals surface area contributed by atoms with Gasteiger partial charge in [0, 0.05) is 25.3 Å². The van der Waals surface area contributed by atoms with Crippen LogP contribution in [0, 0.1) is 0 Å². The van der Waals surface area contributed by atoms with Crippen molar-refractivity contribution >= 4 is 17.7 Å². The fourth-order valence-corrected chi connectivity index (χ4v) is 4.62. The van der Waals surface area contributed by atoms with Gasteiger partial charge in [-0.1, -0.05) is 42.8 Å². The Bertz CT molecular complexity index is 934. The van der Waals surface area contributed by atoms with Gasteiger partial charge in [0.25, 0.3) is 0 Å². The molecule has 2 N–H and O–H groups in total. The number of piperazine rings is 1. The number of carbonyl (C=O) groups is 2. The van der Waals surface area contributed by atoms with Crippen molar-refractivity contribution in [2.75, 3.05) is 38.0 Å². The fraction of sp³-hybridized carbons (Fsp3) is 0.480. The number of aliphatic carboxylic acids is 1. The first-order chi connectivity index (χ1) is 15.6. The quantitative estimate of drug-likeness (QED) is 0.588. The molecule has 0 aliphatic carbocycles. The first-order valence-electron chi connectivity index (χ1n) is 11.6. The minimum atomic E-state index is -0.982. The molecule has 0 bridgehead atoms. The van der Waals surface area contributed by atoms with Crippen LogP contribution in [0.1, 0.15) is 48.5 Å². The number of carboxylic acid groups (broad SMARTS) is 1. The molecule has 0 saturated carbocycles. The molecule has 4 rings (SSSR count). The highest BCUT2D eigenvalue weighted by atomic mass is 16.4. The summed E-state index contributed by atoms with van der Waals surface area (Å²) in [5.41, 5.74) is 3.11. The standard InChI is InChI=1S/C25H32N4O3/c30-22-18-28(16-17-29(22)23(25(31)32)19-8-3-1-4-9-19)15-6-2-5-11-21-13-12-20-10-7-14-26-24(20)27-21/h1,3-4,8-9,12-13,23H,2,5-7,10-11,14-18H2,(H,26,27)(H,31,32). The lowest BCUT2D eigenvalue weighted by Gasteiger charge is -2.37. The molecule has 1 atom stereocenters. The van der Waals surface area contributed by atoms with Crippen LogP contribution in [0.2, 0.25) is 0 Å². The van der Waals surface area contributed by atoms with Gasteiger partial charge in [0.05, 0.1) is 6.54 Å². The number of amides is 1. The number of carbonyl (C=O) groups excluding carboxylic acids is 1. The van der Waals surface area contributed by atoms with Crippen LogP contribution in [-0.2, 0) is 22.4 Å². The molecular weight excluding hydrogens is 404 g/mol. The predicted octanol–water partition coefficient (Wildman–Crippen LogP) is 3.12. The summed E-state index contributed by atoms with van der Waals surface area (Å²) in [6.45, 7) is 3.31. The number of carboxylic acids is 1. The monoisotopic (exact) mass is 436 g/mol. The van der Waals surface area contributed by atoms with Gasteiger partial charge in [-0.2, -0.15) is 0 Å².